The Kier molecular flexibility index (Phi) is 4.77. The summed E-state index contributed by atoms with van der Waals surface area (Å²) >= 11 is 0. The Labute approximate surface area is 171 Å². The van der Waals surface area contributed by atoms with E-state index in [1.54, 1.807) is 12.1 Å². The van der Waals surface area contributed by atoms with E-state index in [2.05, 4.69) is 10.3 Å². The zero-order chi connectivity index (χ0) is 20.8. The molecule has 2 N–H and O–H groups in total. The third kappa shape index (κ3) is 3.37. The molecule has 1 aliphatic heterocycles. The van der Waals surface area contributed by atoms with Gasteiger partial charge in [0.1, 0.15) is 17.5 Å². The number of aromatic nitrogens is 1. The molecule has 4 nitrogen and oxygen atoms in total. The SMILES string of the molecule is O=C(N[C@H]1CCOC1)C1CC(c2c(-c3ccc(F)cc3)[nH]c3c(F)cc(F)cc23)C1. The molecule has 156 valence electrons. The van der Waals surface area contributed by atoms with E-state index in [-0.39, 0.29) is 35.1 Å². The number of nitrogens with one attached hydrogen (secondary N) is 2. The molecular formula is C23H21F3N2O2. The minimum atomic E-state index is -0.672. The van der Waals surface area contributed by atoms with Gasteiger partial charge in [-0.05, 0) is 66.6 Å². The molecule has 2 aromatic carbocycles. The van der Waals surface area contributed by atoms with Crippen molar-refractivity contribution in [3.05, 3.63) is 59.4 Å². The van der Waals surface area contributed by atoms with E-state index in [1.165, 1.54) is 18.2 Å². The van der Waals surface area contributed by atoms with Crippen LogP contribution in [0.2, 0.25) is 0 Å². The van der Waals surface area contributed by atoms with Crippen molar-refractivity contribution in [1.29, 1.82) is 0 Å². The maximum atomic E-state index is 14.4. The zero-order valence-electron chi connectivity index (χ0n) is 16.2. The monoisotopic (exact) mass is 414 g/mol. The fraction of sp³-hybridized carbons (Fsp3) is 0.348. The Morgan fingerprint density at radius 1 is 1.07 bits per heavy atom. The summed E-state index contributed by atoms with van der Waals surface area (Å²) in [6, 6.07) is 8.12. The second kappa shape index (κ2) is 7.47. The van der Waals surface area contributed by atoms with Crippen LogP contribution in [0.5, 0.6) is 0 Å². The van der Waals surface area contributed by atoms with Gasteiger partial charge in [-0.3, -0.25) is 4.79 Å². The summed E-state index contributed by atoms with van der Waals surface area (Å²) < 4.78 is 47.1. The Hall–Kier alpha value is -2.80. The summed E-state index contributed by atoms with van der Waals surface area (Å²) in [4.78, 5) is 15.6. The summed E-state index contributed by atoms with van der Waals surface area (Å²) in [5.74, 6) is -1.85. The molecule has 7 heteroatoms. The lowest BCUT2D eigenvalue weighted by molar-refractivity contribution is -0.128. The van der Waals surface area contributed by atoms with Crippen LogP contribution in [0.1, 0.15) is 30.7 Å². The molecule has 1 saturated carbocycles. The lowest BCUT2D eigenvalue weighted by Crippen LogP contribution is -2.43. The van der Waals surface area contributed by atoms with E-state index >= 15 is 0 Å². The molecule has 2 heterocycles. The predicted molar refractivity (Wildman–Crippen MR) is 106 cm³/mol. The highest BCUT2D eigenvalue weighted by atomic mass is 19.1. The van der Waals surface area contributed by atoms with Gasteiger partial charge in [-0.25, -0.2) is 13.2 Å². The first-order valence-corrected chi connectivity index (χ1v) is 10.1. The van der Waals surface area contributed by atoms with Gasteiger partial charge in [0.2, 0.25) is 5.91 Å². The van der Waals surface area contributed by atoms with Gasteiger partial charge in [-0.1, -0.05) is 0 Å². The highest BCUT2D eigenvalue weighted by Crippen LogP contribution is 2.48. The van der Waals surface area contributed by atoms with E-state index in [1.807, 2.05) is 0 Å². The van der Waals surface area contributed by atoms with Crippen LogP contribution in [-0.4, -0.2) is 30.1 Å². The van der Waals surface area contributed by atoms with Crippen LogP contribution >= 0.6 is 0 Å². The third-order valence-corrected chi connectivity index (χ3v) is 6.19. The standard InChI is InChI=1S/C23H21F3N2O2/c24-15-3-1-12(2-4-15)21-20(18-9-16(25)10-19(26)22(18)28-21)13-7-14(8-13)23(29)27-17-5-6-30-11-17/h1-4,9-10,13-14,17,28H,5-8,11H2,(H,27,29)/t13?,14?,17-/m0/s1. The topological polar surface area (TPSA) is 54.1 Å². The summed E-state index contributed by atoms with van der Waals surface area (Å²) in [6.07, 6.45) is 2.01. The number of carbonyl (C=O) groups is 1. The number of benzene rings is 2. The minimum Gasteiger partial charge on any atom is -0.379 e. The molecule has 0 bridgehead atoms. The van der Waals surface area contributed by atoms with E-state index in [0.29, 0.717) is 42.7 Å². The van der Waals surface area contributed by atoms with Crippen LogP contribution in [-0.2, 0) is 9.53 Å². The van der Waals surface area contributed by atoms with E-state index in [0.717, 1.165) is 18.1 Å². The van der Waals surface area contributed by atoms with Gasteiger partial charge >= 0.3 is 0 Å². The van der Waals surface area contributed by atoms with Crippen LogP contribution in [0.15, 0.2) is 36.4 Å². The van der Waals surface area contributed by atoms with Crippen LogP contribution in [0, 0.1) is 23.4 Å². The Bertz CT molecular complexity index is 1100. The number of amides is 1. The first-order valence-electron chi connectivity index (χ1n) is 10.1. The molecule has 3 aromatic rings. The number of hydrogen-bond donors (Lipinski definition) is 2. The Morgan fingerprint density at radius 2 is 1.83 bits per heavy atom. The number of fused-ring (bicyclic) bond motifs is 1. The summed E-state index contributed by atoms with van der Waals surface area (Å²) in [5.41, 5.74) is 2.34. The zero-order valence-corrected chi connectivity index (χ0v) is 16.2. The smallest absolute Gasteiger partial charge is 0.223 e. The van der Waals surface area contributed by atoms with E-state index in [9.17, 15) is 18.0 Å². The molecule has 0 unspecified atom stereocenters. The van der Waals surface area contributed by atoms with Crippen LogP contribution in [0.3, 0.4) is 0 Å². The fourth-order valence-corrected chi connectivity index (χ4v) is 4.54. The van der Waals surface area contributed by atoms with E-state index < -0.39 is 11.6 Å². The Balaban J connectivity index is 1.46. The van der Waals surface area contributed by atoms with Gasteiger partial charge < -0.3 is 15.0 Å². The van der Waals surface area contributed by atoms with Crippen molar-refractivity contribution in [2.75, 3.05) is 13.2 Å². The van der Waals surface area contributed by atoms with Crippen molar-refractivity contribution < 1.29 is 22.7 Å². The largest absolute Gasteiger partial charge is 0.379 e. The molecule has 0 radical (unpaired) electrons. The number of aromatic amines is 1. The van der Waals surface area contributed by atoms with Crippen molar-refractivity contribution in [3.8, 4) is 11.3 Å². The van der Waals surface area contributed by atoms with E-state index in [4.69, 9.17) is 4.74 Å². The highest BCUT2D eigenvalue weighted by molar-refractivity contribution is 5.92. The Morgan fingerprint density at radius 3 is 2.53 bits per heavy atom. The van der Waals surface area contributed by atoms with Crippen LogP contribution < -0.4 is 5.32 Å². The summed E-state index contributed by atoms with van der Waals surface area (Å²) in [6.45, 7) is 1.20. The van der Waals surface area contributed by atoms with Gasteiger partial charge in [0, 0.05) is 24.0 Å². The van der Waals surface area contributed by atoms with Gasteiger partial charge in [0.25, 0.3) is 0 Å². The molecule has 1 amide bonds. The average molecular weight is 414 g/mol. The molecule has 2 aliphatic rings. The number of ether oxygens (including phenoxy) is 1. The molecule has 1 saturated heterocycles. The van der Waals surface area contributed by atoms with Gasteiger partial charge in [-0.15, -0.1) is 0 Å². The predicted octanol–water partition coefficient (Wildman–Crippen LogP) is 4.65. The van der Waals surface area contributed by atoms with Crippen molar-refractivity contribution >= 4 is 16.8 Å². The number of halogens is 3. The minimum absolute atomic E-state index is 0.00212. The lowest BCUT2D eigenvalue weighted by Gasteiger charge is -2.35. The van der Waals surface area contributed by atoms with Crippen molar-refractivity contribution in [2.45, 2.75) is 31.2 Å². The fourth-order valence-electron chi connectivity index (χ4n) is 4.54. The average Bonchev–Trinajstić information content (AvgIpc) is 3.30. The molecule has 2 fully saturated rings. The summed E-state index contributed by atoms with van der Waals surface area (Å²) in [5, 5.41) is 3.49. The van der Waals surface area contributed by atoms with Crippen molar-refractivity contribution in [2.24, 2.45) is 5.92 Å². The number of rotatable bonds is 4. The van der Waals surface area contributed by atoms with Crippen molar-refractivity contribution in [1.82, 2.24) is 10.3 Å². The number of H-pyrrole nitrogens is 1. The molecule has 1 aliphatic carbocycles. The molecule has 1 aromatic heterocycles. The maximum Gasteiger partial charge on any atom is 0.223 e. The first-order chi connectivity index (χ1) is 14.5. The second-order valence-electron chi connectivity index (χ2n) is 8.17. The van der Waals surface area contributed by atoms with Crippen LogP contribution in [0.4, 0.5) is 13.2 Å². The second-order valence-corrected chi connectivity index (χ2v) is 8.17. The molecule has 1 atom stereocenters. The van der Waals surface area contributed by atoms with Crippen molar-refractivity contribution in [3.63, 3.8) is 0 Å². The summed E-state index contributed by atoms with van der Waals surface area (Å²) in [7, 11) is 0. The molecule has 5 rings (SSSR count). The lowest BCUT2D eigenvalue weighted by atomic mass is 9.69. The molecule has 30 heavy (non-hydrogen) atoms. The third-order valence-electron chi connectivity index (χ3n) is 6.19. The number of hydrogen-bond acceptors (Lipinski definition) is 2. The van der Waals surface area contributed by atoms with Gasteiger partial charge in [-0.2, -0.15) is 0 Å². The van der Waals surface area contributed by atoms with Gasteiger partial charge in [0.05, 0.1) is 23.9 Å². The number of carbonyl (C=O) groups excluding carboxylic acids is 1. The molecule has 0 spiro atoms. The van der Waals surface area contributed by atoms with Gasteiger partial charge in [0.15, 0.2) is 0 Å². The maximum absolute atomic E-state index is 14.4. The quantitative estimate of drug-likeness (QED) is 0.653. The first kappa shape index (κ1) is 19.2. The van der Waals surface area contributed by atoms with Crippen LogP contribution in [0.25, 0.3) is 22.2 Å². The molecular weight excluding hydrogens is 393 g/mol. The normalized spacial score (nSPS) is 23.5. The highest BCUT2D eigenvalue weighted by Gasteiger charge is 2.39.